The van der Waals surface area contributed by atoms with Gasteiger partial charge in [-0.2, -0.15) is 0 Å². The Hall–Kier alpha value is -0.870. The topological polar surface area (TPSA) is 41.1 Å². The average Bonchev–Trinajstić information content (AvgIpc) is 2.74. The normalized spacial score (nSPS) is 10.4. The Morgan fingerprint density at radius 1 is 1.31 bits per heavy atom. The fourth-order valence-corrected chi connectivity index (χ4v) is 2.26. The summed E-state index contributed by atoms with van der Waals surface area (Å²) in [6.07, 6.45) is 2.07. The second-order valence-electron chi connectivity index (χ2n) is 3.68. The first-order valence-electron chi connectivity index (χ1n) is 5.81. The highest BCUT2D eigenvalue weighted by atomic mass is 32.1. The van der Waals surface area contributed by atoms with Crippen molar-refractivity contribution in [2.75, 3.05) is 13.1 Å². The highest BCUT2D eigenvalue weighted by Gasteiger charge is 2.01. The molecule has 0 radical (unpaired) electrons. The molecule has 0 aliphatic heterocycles. The number of hydrogen-bond acceptors (Lipinski definition) is 3. The van der Waals surface area contributed by atoms with E-state index in [-0.39, 0.29) is 5.91 Å². The van der Waals surface area contributed by atoms with Gasteiger partial charge in [-0.25, -0.2) is 0 Å². The van der Waals surface area contributed by atoms with Crippen LogP contribution >= 0.6 is 11.3 Å². The van der Waals surface area contributed by atoms with Gasteiger partial charge in [0.15, 0.2) is 0 Å². The summed E-state index contributed by atoms with van der Waals surface area (Å²) in [6, 6.07) is 4.28. The van der Waals surface area contributed by atoms with E-state index in [4.69, 9.17) is 0 Å². The zero-order valence-electron chi connectivity index (χ0n) is 10.0. The Labute approximate surface area is 101 Å². The number of carbonyl (C=O) groups excluding carboxylic acids is 1. The minimum absolute atomic E-state index is 0.0779. The van der Waals surface area contributed by atoms with E-state index < -0.39 is 0 Å². The zero-order chi connectivity index (χ0) is 11.8. The van der Waals surface area contributed by atoms with Crippen molar-refractivity contribution in [2.24, 2.45) is 0 Å². The number of amides is 1. The van der Waals surface area contributed by atoms with Crippen LogP contribution in [0.25, 0.3) is 0 Å². The fraction of sp³-hybridized carbons (Fsp3) is 0.583. The Kier molecular flexibility index (Phi) is 6.11. The molecule has 0 fully saturated rings. The standard InChI is InChI=1S/C12H20N2OS/c1-3-7-14-12(15)9-13-8-11-6-5-10(4-2)16-11/h5-6,13H,3-4,7-9H2,1-2H3,(H,14,15). The lowest BCUT2D eigenvalue weighted by atomic mass is 10.3. The van der Waals surface area contributed by atoms with Crippen molar-refractivity contribution in [2.45, 2.75) is 33.2 Å². The summed E-state index contributed by atoms with van der Waals surface area (Å²) in [6.45, 7) is 6.15. The van der Waals surface area contributed by atoms with Crippen LogP contribution in [0.15, 0.2) is 12.1 Å². The van der Waals surface area contributed by atoms with Crippen molar-refractivity contribution in [1.82, 2.24) is 10.6 Å². The van der Waals surface area contributed by atoms with Crippen molar-refractivity contribution in [3.05, 3.63) is 21.9 Å². The number of aryl methyl sites for hydroxylation is 1. The lowest BCUT2D eigenvalue weighted by Gasteiger charge is -2.04. The van der Waals surface area contributed by atoms with Gasteiger partial charge in [-0.1, -0.05) is 13.8 Å². The first kappa shape index (κ1) is 13.2. The summed E-state index contributed by atoms with van der Waals surface area (Å²) in [5.41, 5.74) is 0. The lowest BCUT2D eigenvalue weighted by Crippen LogP contribution is -2.33. The summed E-state index contributed by atoms with van der Waals surface area (Å²) in [5.74, 6) is 0.0779. The molecule has 1 heterocycles. The molecule has 16 heavy (non-hydrogen) atoms. The van der Waals surface area contributed by atoms with E-state index >= 15 is 0 Å². The van der Waals surface area contributed by atoms with Gasteiger partial charge in [-0.3, -0.25) is 4.79 Å². The van der Waals surface area contributed by atoms with E-state index in [9.17, 15) is 4.79 Å². The van der Waals surface area contributed by atoms with Crippen LogP contribution < -0.4 is 10.6 Å². The van der Waals surface area contributed by atoms with Crippen LogP contribution in [0.3, 0.4) is 0 Å². The lowest BCUT2D eigenvalue weighted by molar-refractivity contribution is -0.120. The van der Waals surface area contributed by atoms with Crippen LogP contribution in [0.4, 0.5) is 0 Å². The minimum atomic E-state index is 0.0779. The molecule has 0 unspecified atom stereocenters. The summed E-state index contributed by atoms with van der Waals surface area (Å²) in [5, 5.41) is 5.98. The molecule has 1 amide bonds. The molecule has 0 aliphatic carbocycles. The maximum absolute atomic E-state index is 11.3. The van der Waals surface area contributed by atoms with Crippen LogP contribution in [0.1, 0.15) is 30.0 Å². The van der Waals surface area contributed by atoms with Crippen LogP contribution in [-0.2, 0) is 17.8 Å². The van der Waals surface area contributed by atoms with E-state index in [1.165, 1.54) is 9.75 Å². The SMILES string of the molecule is CCCNC(=O)CNCc1ccc(CC)s1. The molecule has 0 aliphatic rings. The van der Waals surface area contributed by atoms with Crippen molar-refractivity contribution in [3.8, 4) is 0 Å². The molecular formula is C12H20N2OS. The van der Waals surface area contributed by atoms with E-state index in [0.717, 1.165) is 25.9 Å². The quantitative estimate of drug-likeness (QED) is 0.764. The third kappa shape index (κ3) is 4.77. The molecule has 1 rings (SSSR count). The average molecular weight is 240 g/mol. The number of hydrogen-bond donors (Lipinski definition) is 2. The van der Waals surface area contributed by atoms with Crippen LogP contribution in [0, 0.1) is 0 Å². The Bertz CT molecular complexity index is 323. The van der Waals surface area contributed by atoms with Gasteiger partial charge in [0.05, 0.1) is 6.54 Å². The second-order valence-corrected chi connectivity index (χ2v) is 4.93. The van der Waals surface area contributed by atoms with Crippen LogP contribution in [-0.4, -0.2) is 19.0 Å². The highest BCUT2D eigenvalue weighted by Crippen LogP contribution is 2.16. The third-order valence-corrected chi connectivity index (χ3v) is 3.45. The molecule has 0 saturated heterocycles. The molecule has 0 aromatic carbocycles. The Morgan fingerprint density at radius 3 is 2.69 bits per heavy atom. The van der Waals surface area contributed by atoms with Crippen molar-refractivity contribution in [3.63, 3.8) is 0 Å². The predicted molar refractivity (Wildman–Crippen MR) is 68.7 cm³/mol. The van der Waals surface area contributed by atoms with Gasteiger partial charge in [0.1, 0.15) is 0 Å². The molecular weight excluding hydrogens is 220 g/mol. The van der Waals surface area contributed by atoms with Gasteiger partial charge in [0.25, 0.3) is 0 Å². The maximum atomic E-state index is 11.3. The molecule has 4 heteroatoms. The largest absolute Gasteiger partial charge is 0.355 e. The zero-order valence-corrected chi connectivity index (χ0v) is 10.8. The molecule has 0 spiro atoms. The Balaban J connectivity index is 2.17. The number of nitrogens with one attached hydrogen (secondary N) is 2. The molecule has 2 N–H and O–H groups in total. The first-order valence-corrected chi connectivity index (χ1v) is 6.63. The van der Waals surface area contributed by atoms with Crippen molar-refractivity contribution < 1.29 is 4.79 Å². The molecule has 90 valence electrons. The molecule has 0 atom stereocenters. The summed E-state index contributed by atoms with van der Waals surface area (Å²) in [7, 11) is 0. The van der Waals surface area contributed by atoms with Gasteiger partial charge in [0, 0.05) is 22.8 Å². The smallest absolute Gasteiger partial charge is 0.233 e. The molecule has 1 aromatic heterocycles. The van der Waals surface area contributed by atoms with Crippen LogP contribution in [0.5, 0.6) is 0 Å². The van der Waals surface area contributed by atoms with E-state index in [1.807, 2.05) is 18.3 Å². The maximum Gasteiger partial charge on any atom is 0.233 e. The number of rotatable bonds is 7. The van der Waals surface area contributed by atoms with Crippen molar-refractivity contribution in [1.29, 1.82) is 0 Å². The second kappa shape index (κ2) is 7.41. The Morgan fingerprint density at radius 2 is 2.06 bits per heavy atom. The number of carbonyl (C=O) groups is 1. The summed E-state index contributed by atoms with van der Waals surface area (Å²) < 4.78 is 0. The molecule has 3 nitrogen and oxygen atoms in total. The monoisotopic (exact) mass is 240 g/mol. The minimum Gasteiger partial charge on any atom is -0.355 e. The van der Waals surface area contributed by atoms with Gasteiger partial charge >= 0.3 is 0 Å². The molecule has 1 aromatic rings. The third-order valence-electron chi connectivity index (χ3n) is 2.22. The van der Waals surface area contributed by atoms with Crippen LogP contribution in [0.2, 0.25) is 0 Å². The van der Waals surface area contributed by atoms with Gasteiger partial charge < -0.3 is 10.6 Å². The van der Waals surface area contributed by atoms with Gasteiger partial charge in [-0.15, -0.1) is 11.3 Å². The highest BCUT2D eigenvalue weighted by molar-refractivity contribution is 7.11. The van der Waals surface area contributed by atoms with E-state index in [1.54, 1.807) is 0 Å². The van der Waals surface area contributed by atoms with Gasteiger partial charge in [0.2, 0.25) is 5.91 Å². The molecule has 0 bridgehead atoms. The summed E-state index contributed by atoms with van der Waals surface area (Å²) in [4.78, 5) is 14.0. The molecule has 0 saturated carbocycles. The van der Waals surface area contributed by atoms with E-state index in [0.29, 0.717) is 6.54 Å². The summed E-state index contributed by atoms with van der Waals surface area (Å²) >= 11 is 1.81. The van der Waals surface area contributed by atoms with E-state index in [2.05, 4.69) is 29.7 Å². The van der Waals surface area contributed by atoms with Crippen molar-refractivity contribution >= 4 is 17.2 Å². The fourth-order valence-electron chi connectivity index (χ4n) is 1.33. The predicted octanol–water partition coefficient (Wildman–Crippen LogP) is 1.93. The number of thiophene rings is 1. The first-order chi connectivity index (χ1) is 7.76. The van der Waals surface area contributed by atoms with Gasteiger partial charge in [-0.05, 0) is 25.0 Å².